The molecule has 0 spiro atoms. The van der Waals surface area contributed by atoms with Crippen molar-refractivity contribution in [3.63, 3.8) is 0 Å². The number of hydrogen-bond acceptors (Lipinski definition) is 5. The molecule has 2 heterocycles. The van der Waals surface area contributed by atoms with Crippen LogP contribution >= 0.6 is 11.3 Å². The molecule has 0 atom stereocenters. The van der Waals surface area contributed by atoms with Gasteiger partial charge in [-0.1, -0.05) is 35.9 Å². The molecular formula is C23H25N3O2S. The highest BCUT2D eigenvalue weighted by atomic mass is 32.1. The fraction of sp³-hybridized carbons (Fsp3) is 0.304. The number of nitrogens with zero attached hydrogens (tertiary/aromatic N) is 3. The Morgan fingerprint density at radius 3 is 2.59 bits per heavy atom. The topological polar surface area (TPSA) is 45.7 Å². The smallest absolute Gasteiger partial charge is 0.228 e. The van der Waals surface area contributed by atoms with Crippen molar-refractivity contribution in [1.29, 1.82) is 0 Å². The Balaban J connectivity index is 1.34. The van der Waals surface area contributed by atoms with Crippen molar-refractivity contribution in [2.24, 2.45) is 0 Å². The maximum absolute atomic E-state index is 12.8. The lowest BCUT2D eigenvalue weighted by Gasteiger charge is -2.36. The van der Waals surface area contributed by atoms with E-state index in [-0.39, 0.29) is 5.91 Å². The summed E-state index contributed by atoms with van der Waals surface area (Å²) in [7, 11) is 1.68. The molecule has 1 aromatic heterocycles. The van der Waals surface area contributed by atoms with E-state index in [0.717, 1.165) is 53.9 Å². The molecule has 6 heteroatoms. The van der Waals surface area contributed by atoms with Crippen molar-refractivity contribution in [3.8, 4) is 16.3 Å². The Labute approximate surface area is 175 Å². The Morgan fingerprint density at radius 1 is 1.10 bits per heavy atom. The molecule has 1 aliphatic heterocycles. The minimum atomic E-state index is 0.149. The van der Waals surface area contributed by atoms with E-state index in [1.165, 1.54) is 5.56 Å². The van der Waals surface area contributed by atoms with Crippen LogP contribution in [0.15, 0.2) is 53.9 Å². The number of anilines is 1. The third kappa shape index (κ3) is 4.59. The van der Waals surface area contributed by atoms with Gasteiger partial charge in [-0.15, -0.1) is 11.3 Å². The summed E-state index contributed by atoms with van der Waals surface area (Å²) in [4.78, 5) is 21.7. The SMILES string of the molecule is COc1cccc(N2CCN(C(=O)Cc3csc(-c4ccc(C)cc4)n3)CC2)c1. The number of aryl methyl sites for hydroxylation is 1. The average molecular weight is 408 g/mol. The average Bonchev–Trinajstić information content (AvgIpc) is 3.23. The van der Waals surface area contributed by atoms with Gasteiger partial charge >= 0.3 is 0 Å². The molecule has 29 heavy (non-hydrogen) atoms. The number of hydrogen-bond donors (Lipinski definition) is 0. The number of methoxy groups -OCH3 is 1. The number of ether oxygens (including phenoxy) is 1. The van der Waals surface area contributed by atoms with E-state index in [0.29, 0.717) is 6.42 Å². The maximum atomic E-state index is 12.8. The van der Waals surface area contributed by atoms with Crippen molar-refractivity contribution < 1.29 is 9.53 Å². The summed E-state index contributed by atoms with van der Waals surface area (Å²) in [6.45, 7) is 5.18. The fourth-order valence-electron chi connectivity index (χ4n) is 3.50. The van der Waals surface area contributed by atoms with Gasteiger partial charge in [-0.3, -0.25) is 4.79 Å². The highest BCUT2D eigenvalue weighted by Crippen LogP contribution is 2.25. The normalized spacial score (nSPS) is 14.1. The number of rotatable bonds is 5. The van der Waals surface area contributed by atoms with Gasteiger partial charge in [0.15, 0.2) is 0 Å². The van der Waals surface area contributed by atoms with Gasteiger partial charge in [-0.2, -0.15) is 0 Å². The van der Waals surface area contributed by atoms with Gasteiger partial charge in [-0.25, -0.2) is 4.98 Å². The number of amides is 1. The fourth-order valence-corrected chi connectivity index (χ4v) is 4.33. The van der Waals surface area contributed by atoms with Crippen LogP contribution in [0.4, 0.5) is 5.69 Å². The van der Waals surface area contributed by atoms with Crippen LogP contribution in [0.1, 0.15) is 11.3 Å². The molecule has 0 bridgehead atoms. The standard InChI is InChI=1S/C23H25N3O2S/c1-17-6-8-18(9-7-17)23-24-19(16-29-23)14-22(27)26-12-10-25(11-13-26)20-4-3-5-21(15-20)28-2/h3-9,15-16H,10-14H2,1-2H3. The molecule has 0 unspecified atom stereocenters. The lowest BCUT2D eigenvalue weighted by atomic mass is 10.2. The second-order valence-electron chi connectivity index (χ2n) is 7.26. The molecule has 1 saturated heterocycles. The molecule has 0 N–H and O–H groups in total. The van der Waals surface area contributed by atoms with Crippen LogP contribution in [0.3, 0.4) is 0 Å². The first-order chi connectivity index (χ1) is 14.1. The van der Waals surface area contributed by atoms with Crippen molar-refractivity contribution in [3.05, 3.63) is 65.2 Å². The third-order valence-electron chi connectivity index (χ3n) is 5.23. The molecule has 1 aliphatic rings. The Bertz CT molecular complexity index is 976. The molecule has 3 aromatic rings. The van der Waals surface area contributed by atoms with Gasteiger partial charge in [-0.05, 0) is 19.1 Å². The summed E-state index contributed by atoms with van der Waals surface area (Å²) in [5.41, 5.74) is 4.32. The van der Waals surface area contributed by atoms with Crippen molar-refractivity contribution in [2.45, 2.75) is 13.3 Å². The third-order valence-corrected chi connectivity index (χ3v) is 6.17. The van der Waals surface area contributed by atoms with Crippen molar-refractivity contribution in [2.75, 3.05) is 38.2 Å². The van der Waals surface area contributed by atoms with Gasteiger partial charge in [0.25, 0.3) is 0 Å². The molecule has 1 fully saturated rings. The largest absolute Gasteiger partial charge is 0.497 e. The molecule has 0 saturated carbocycles. The molecule has 4 rings (SSSR count). The van der Waals surface area contributed by atoms with Gasteiger partial charge in [0.2, 0.25) is 5.91 Å². The highest BCUT2D eigenvalue weighted by molar-refractivity contribution is 7.13. The second-order valence-corrected chi connectivity index (χ2v) is 8.11. The zero-order valence-corrected chi connectivity index (χ0v) is 17.6. The summed E-state index contributed by atoms with van der Waals surface area (Å²) in [6.07, 6.45) is 0.363. The molecule has 150 valence electrons. The van der Waals surface area contributed by atoms with Crippen LogP contribution in [0.25, 0.3) is 10.6 Å². The van der Waals surface area contributed by atoms with E-state index in [4.69, 9.17) is 4.74 Å². The molecule has 5 nitrogen and oxygen atoms in total. The monoisotopic (exact) mass is 407 g/mol. The number of benzene rings is 2. The molecule has 0 aliphatic carbocycles. The van der Waals surface area contributed by atoms with Crippen LogP contribution in [0.2, 0.25) is 0 Å². The Kier molecular flexibility index (Phi) is 5.81. The Hall–Kier alpha value is -2.86. The second kappa shape index (κ2) is 8.66. The summed E-state index contributed by atoms with van der Waals surface area (Å²) in [6, 6.07) is 16.4. The van der Waals surface area contributed by atoms with E-state index in [2.05, 4.69) is 47.1 Å². The van der Waals surface area contributed by atoms with Crippen molar-refractivity contribution in [1.82, 2.24) is 9.88 Å². The van der Waals surface area contributed by atoms with Crippen LogP contribution in [0, 0.1) is 6.92 Å². The highest BCUT2D eigenvalue weighted by Gasteiger charge is 2.22. The minimum Gasteiger partial charge on any atom is -0.497 e. The Morgan fingerprint density at radius 2 is 1.86 bits per heavy atom. The maximum Gasteiger partial charge on any atom is 0.228 e. The van der Waals surface area contributed by atoms with Crippen molar-refractivity contribution >= 4 is 22.9 Å². The predicted octanol–water partition coefficient (Wildman–Crippen LogP) is 4.02. The number of aromatic nitrogens is 1. The summed E-state index contributed by atoms with van der Waals surface area (Å²) in [5, 5.41) is 2.97. The summed E-state index contributed by atoms with van der Waals surface area (Å²) >= 11 is 1.60. The predicted molar refractivity (Wildman–Crippen MR) is 118 cm³/mol. The van der Waals surface area contributed by atoms with Crippen LogP contribution in [0.5, 0.6) is 5.75 Å². The molecule has 1 amide bonds. The van der Waals surface area contributed by atoms with Crippen LogP contribution < -0.4 is 9.64 Å². The van der Waals surface area contributed by atoms with Gasteiger partial charge in [0.1, 0.15) is 10.8 Å². The summed E-state index contributed by atoms with van der Waals surface area (Å²) < 4.78 is 5.31. The van der Waals surface area contributed by atoms with Crippen LogP contribution in [-0.4, -0.2) is 49.1 Å². The van der Waals surface area contributed by atoms with E-state index in [9.17, 15) is 4.79 Å². The first kappa shape index (κ1) is 19.5. The number of thiazole rings is 1. The zero-order chi connectivity index (χ0) is 20.2. The number of carbonyl (C=O) groups is 1. The first-order valence-corrected chi connectivity index (χ1v) is 10.7. The van der Waals surface area contributed by atoms with E-state index >= 15 is 0 Å². The van der Waals surface area contributed by atoms with Gasteiger partial charge < -0.3 is 14.5 Å². The molecule has 0 radical (unpaired) electrons. The minimum absolute atomic E-state index is 0.149. The quantitative estimate of drug-likeness (QED) is 0.641. The van der Waals surface area contributed by atoms with E-state index < -0.39 is 0 Å². The lowest BCUT2D eigenvalue weighted by molar-refractivity contribution is -0.130. The zero-order valence-electron chi connectivity index (χ0n) is 16.8. The first-order valence-electron chi connectivity index (χ1n) is 9.80. The van der Waals surface area contributed by atoms with E-state index in [1.807, 2.05) is 28.5 Å². The molecule has 2 aromatic carbocycles. The van der Waals surface area contributed by atoms with Crippen LogP contribution in [-0.2, 0) is 11.2 Å². The lowest BCUT2D eigenvalue weighted by Crippen LogP contribution is -2.49. The van der Waals surface area contributed by atoms with E-state index in [1.54, 1.807) is 18.4 Å². The summed E-state index contributed by atoms with van der Waals surface area (Å²) in [5.74, 6) is 1.00. The van der Waals surface area contributed by atoms with Gasteiger partial charge in [0, 0.05) is 48.9 Å². The number of piperazine rings is 1. The number of carbonyl (C=O) groups excluding carboxylic acids is 1. The molecular weight excluding hydrogens is 382 g/mol. The van der Waals surface area contributed by atoms with Gasteiger partial charge in [0.05, 0.1) is 19.2 Å².